The number of carboxylic acids is 1. The molecular weight excluding hydrogens is 261 g/mol. The van der Waals surface area contributed by atoms with Gasteiger partial charge in [0.1, 0.15) is 11.9 Å². The fraction of sp³-hybridized carbons (Fsp3) is 0.467. The van der Waals surface area contributed by atoms with Crippen molar-refractivity contribution in [2.24, 2.45) is 11.8 Å². The minimum Gasteiger partial charge on any atom is -0.480 e. The molecule has 1 heterocycles. The average molecular weight is 277 g/mol. The minimum absolute atomic E-state index is 0.0666. The van der Waals surface area contributed by atoms with Crippen molar-refractivity contribution in [2.75, 3.05) is 6.54 Å². The molecule has 3 unspecified atom stereocenters. The van der Waals surface area contributed by atoms with Crippen LogP contribution in [0.3, 0.4) is 0 Å². The van der Waals surface area contributed by atoms with Gasteiger partial charge in [0, 0.05) is 12.1 Å². The second-order valence-corrected chi connectivity index (χ2v) is 5.60. The van der Waals surface area contributed by atoms with Gasteiger partial charge in [-0.2, -0.15) is 0 Å². The Balaban J connectivity index is 1.87. The summed E-state index contributed by atoms with van der Waals surface area (Å²) in [6.45, 7) is 0.498. The van der Waals surface area contributed by atoms with Crippen molar-refractivity contribution in [2.45, 2.75) is 25.3 Å². The lowest BCUT2D eigenvalue weighted by molar-refractivity contribution is -0.142. The van der Waals surface area contributed by atoms with Crippen LogP contribution < -0.4 is 0 Å². The van der Waals surface area contributed by atoms with E-state index >= 15 is 0 Å². The number of benzene rings is 1. The number of nitrogens with zero attached hydrogens (tertiary/aromatic N) is 1. The molecule has 1 amide bonds. The number of halogens is 1. The molecule has 5 heteroatoms. The highest BCUT2D eigenvalue weighted by Gasteiger charge is 2.49. The van der Waals surface area contributed by atoms with E-state index in [-0.39, 0.29) is 11.8 Å². The lowest BCUT2D eigenvalue weighted by atomic mass is 9.94. The van der Waals surface area contributed by atoms with E-state index in [0.29, 0.717) is 18.0 Å². The number of likely N-dealkylation sites (tertiary alicyclic amines) is 1. The molecule has 3 atom stereocenters. The summed E-state index contributed by atoms with van der Waals surface area (Å²) in [5.74, 6) is -1.30. The van der Waals surface area contributed by atoms with E-state index in [9.17, 15) is 19.1 Å². The van der Waals surface area contributed by atoms with Gasteiger partial charge in [0.2, 0.25) is 0 Å². The Hall–Kier alpha value is -1.91. The number of aliphatic carboxylic acids is 1. The van der Waals surface area contributed by atoms with Crippen LogP contribution in [-0.4, -0.2) is 34.5 Å². The summed E-state index contributed by atoms with van der Waals surface area (Å²) < 4.78 is 12.9. The molecular formula is C15H16FNO3. The average Bonchev–Trinajstić information content (AvgIpc) is 2.97. The van der Waals surface area contributed by atoms with Gasteiger partial charge in [0.25, 0.3) is 5.91 Å². The van der Waals surface area contributed by atoms with E-state index in [4.69, 9.17) is 0 Å². The van der Waals surface area contributed by atoms with Crippen LogP contribution in [0.25, 0.3) is 0 Å². The van der Waals surface area contributed by atoms with Crippen molar-refractivity contribution in [3.8, 4) is 0 Å². The van der Waals surface area contributed by atoms with Crippen LogP contribution in [0.2, 0.25) is 0 Å². The van der Waals surface area contributed by atoms with E-state index in [1.54, 1.807) is 0 Å². The quantitative estimate of drug-likeness (QED) is 0.901. The molecule has 1 aromatic rings. The maximum absolute atomic E-state index is 12.9. The van der Waals surface area contributed by atoms with E-state index in [1.807, 2.05) is 0 Å². The summed E-state index contributed by atoms with van der Waals surface area (Å²) in [7, 11) is 0. The maximum atomic E-state index is 12.9. The minimum atomic E-state index is -0.935. The van der Waals surface area contributed by atoms with E-state index in [2.05, 4.69) is 0 Å². The summed E-state index contributed by atoms with van der Waals surface area (Å²) >= 11 is 0. The van der Waals surface area contributed by atoms with Gasteiger partial charge in [-0.05, 0) is 48.9 Å². The molecule has 2 fully saturated rings. The van der Waals surface area contributed by atoms with Crippen LogP contribution in [0, 0.1) is 17.7 Å². The lowest BCUT2D eigenvalue weighted by Gasteiger charge is -2.24. The molecule has 1 aliphatic carbocycles. The van der Waals surface area contributed by atoms with Crippen LogP contribution in [0.5, 0.6) is 0 Å². The molecule has 106 valence electrons. The highest BCUT2D eigenvalue weighted by molar-refractivity contribution is 5.97. The molecule has 20 heavy (non-hydrogen) atoms. The number of carboxylic acid groups (broad SMARTS) is 1. The molecule has 1 saturated heterocycles. The Kier molecular flexibility index (Phi) is 3.20. The normalized spacial score (nSPS) is 28.4. The predicted octanol–water partition coefficient (Wildman–Crippen LogP) is 2.15. The molecule has 0 bridgehead atoms. The Morgan fingerprint density at radius 2 is 1.90 bits per heavy atom. The molecule has 1 aromatic carbocycles. The fourth-order valence-corrected chi connectivity index (χ4v) is 3.59. The Morgan fingerprint density at radius 3 is 2.55 bits per heavy atom. The first-order chi connectivity index (χ1) is 9.58. The van der Waals surface area contributed by atoms with Gasteiger partial charge < -0.3 is 10.0 Å². The Labute approximate surface area is 116 Å². The van der Waals surface area contributed by atoms with Crippen LogP contribution in [-0.2, 0) is 4.79 Å². The number of hydrogen-bond acceptors (Lipinski definition) is 2. The first-order valence-corrected chi connectivity index (χ1v) is 6.87. The third kappa shape index (κ3) is 2.07. The van der Waals surface area contributed by atoms with Crippen LogP contribution in [0.15, 0.2) is 24.3 Å². The molecule has 2 aliphatic rings. The van der Waals surface area contributed by atoms with Gasteiger partial charge in [0.05, 0.1) is 0 Å². The van der Waals surface area contributed by atoms with Gasteiger partial charge in [-0.15, -0.1) is 0 Å². The number of amides is 1. The zero-order chi connectivity index (χ0) is 14.3. The summed E-state index contributed by atoms with van der Waals surface area (Å²) in [5, 5.41) is 9.42. The molecule has 0 aromatic heterocycles. The van der Waals surface area contributed by atoms with Gasteiger partial charge >= 0.3 is 5.97 Å². The van der Waals surface area contributed by atoms with Crippen molar-refractivity contribution in [1.29, 1.82) is 0 Å². The summed E-state index contributed by atoms with van der Waals surface area (Å²) in [6.07, 6.45) is 2.90. The lowest BCUT2D eigenvalue weighted by Crippen LogP contribution is -2.43. The van der Waals surface area contributed by atoms with Gasteiger partial charge in [-0.25, -0.2) is 9.18 Å². The van der Waals surface area contributed by atoms with Crippen LogP contribution in [0.1, 0.15) is 29.6 Å². The standard InChI is InChI=1S/C15H16FNO3/c16-11-6-4-9(5-7-11)14(18)17-8-10-2-1-3-12(10)13(17)15(19)20/h4-7,10,12-13H,1-3,8H2,(H,19,20). The topological polar surface area (TPSA) is 57.6 Å². The smallest absolute Gasteiger partial charge is 0.326 e. The van der Waals surface area contributed by atoms with E-state index < -0.39 is 17.8 Å². The van der Waals surface area contributed by atoms with Crippen LogP contribution >= 0.6 is 0 Å². The zero-order valence-corrected chi connectivity index (χ0v) is 11.0. The monoisotopic (exact) mass is 277 g/mol. The van der Waals surface area contributed by atoms with Gasteiger partial charge in [-0.3, -0.25) is 4.79 Å². The predicted molar refractivity (Wildman–Crippen MR) is 69.7 cm³/mol. The number of carbonyl (C=O) groups is 2. The van der Waals surface area contributed by atoms with Crippen molar-refractivity contribution >= 4 is 11.9 Å². The second-order valence-electron chi connectivity index (χ2n) is 5.60. The third-order valence-electron chi connectivity index (χ3n) is 4.50. The highest BCUT2D eigenvalue weighted by Crippen LogP contribution is 2.42. The van der Waals surface area contributed by atoms with E-state index in [1.165, 1.54) is 29.2 Å². The SMILES string of the molecule is O=C(O)C1C2CCCC2CN1C(=O)c1ccc(F)cc1. The first kappa shape index (κ1) is 13.1. The van der Waals surface area contributed by atoms with Crippen molar-refractivity contribution in [3.63, 3.8) is 0 Å². The summed E-state index contributed by atoms with van der Waals surface area (Å²) in [6, 6.07) is 4.52. The first-order valence-electron chi connectivity index (χ1n) is 6.87. The maximum Gasteiger partial charge on any atom is 0.326 e. The number of carbonyl (C=O) groups excluding carboxylic acids is 1. The number of fused-ring (bicyclic) bond motifs is 1. The van der Waals surface area contributed by atoms with Crippen molar-refractivity contribution in [3.05, 3.63) is 35.6 Å². The van der Waals surface area contributed by atoms with Crippen LogP contribution in [0.4, 0.5) is 4.39 Å². The molecule has 4 nitrogen and oxygen atoms in total. The Bertz CT molecular complexity index is 543. The summed E-state index contributed by atoms with van der Waals surface area (Å²) in [4.78, 5) is 25.4. The molecule has 3 rings (SSSR count). The van der Waals surface area contributed by atoms with E-state index in [0.717, 1.165) is 19.3 Å². The summed E-state index contributed by atoms with van der Waals surface area (Å²) in [5.41, 5.74) is 0.345. The fourth-order valence-electron chi connectivity index (χ4n) is 3.59. The molecule has 1 saturated carbocycles. The van der Waals surface area contributed by atoms with Gasteiger partial charge in [0.15, 0.2) is 0 Å². The molecule has 1 aliphatic heterocycles. The number of hydrogen-bond donors (Lipinski definition) is 1. The van der Waals surface area contributed by atoms with Crippen molar-refractivity contribution in [1.82, 2.24) is 4.90 Å². The largest absolute Gasteiger partial charge is 0.480 e. The number of rotatable bonds is 2. The molecule has 0 radical (unpaired) electrons. The highest BCUT2D eigenvalue weighted by atomic mass is 19.1. The zero-order valence-electron chi connectivity index (χ0n) is 11.0. The Morgan fingerprint density at radius 1 is 1.20 bits per heavy atom. The second kappa shape index (κ2) is 4.89. The van der Waals surface area contributed by atoms with Gasteiger partial charge in [-0.1, -0.05) is 6.42 Å². The van der Waals surface area contributed by atoms with Crippen molar-refractivity contribution < 1.29 is 19.1 Å². The molecule has 1 N–H and O–H groups in total. The third-order valence-corrected chi connectivity index (χ3v) is 4.50. The molecule has 0 spiro atoms.